The molecular weight excluding hydrogens is 304 g/mol. The zero-order valence-corrected chi connectivity index (χ0v) is 13.0. The minimum absolute atomic E-state index is 0.338. The van der Waals surface area contributed by atoms with Crippen molar-refractivity contribution < 1.29 is 4.42 Å². The summed E-state index contributed by atoms with van der Waals surface area (Å²) in [4.78, 5) is 23.0. The van der Waals surface area contributed by atoms with Crippen molar-refractivity contribution in [3.05, 3.63) is 45.6 Å². The average Bonchev–Trinajstić information content (AvgIpc) is 3.05. The summed E-state index contributed by atoms with van der Waals surface area (Å²) in [7, 11) is 0. The summed E-state index contributed by atoms with van der Waals surface area (Å²) in [5.41, 5.74) is 2.37. The Hall–Kier alpha value is -2.05. The van der Waals surface area contributed by atoms with E-state index in [0.717, 1.165) is 26.4 Å². The largest absolute Gasteiger partial charge is 0.408 e. The van der Waals surface area contributed by atoms with Gasteiger partial charge in [0.25, 0.3) is 0 Å². The van der Waals surface area contributed by atoms with Crippen molar-refractivity contribution in [2.24, 2.45) is 0 Å². The van der Waals surface area contributed by atoms with E-state index >= 15 is 0 Å². The Morgan fingerprint density at radius 2 is 2.10 bits per heavy atom. The molecule has 0 bridgehead atoms. The zero-order chi connectivity index (χ0) is 14.6. The molecule has 6 heteroatoms. The molecular formula is C15H10N2O2S2. The van der Waals surface area contributed by atoms with Crippen LogP contribution in [0.5, 0.6) is 0 Å². The molecule has 4 rings (SSSR count). The van der Waals surface area contributed by atoms with Crippen LogP contribution < -0.4 is 5.63 Å². The third-order valence-electron chi connectivity index (χ3n) is 3.25. The van der Waals surface area contributed by atoms with E-state index in [9.17, 15) is 4.79 Å². The Bertz CT molecular complexity index is 1030. The van der Waals surface area contributed by atoms with Gasteiger partial charge in [0.05, 0.1) is 0 Å². The van der Waals surface area contributed by atoms with E-state index in [2.05, 4.69) is 16.0 Å². The minimum atomic E-state index is -0.338. The molecule has 0 radical (unpaired) electrons. The molecule has 4 aromatic rings. The van der Waals surface area contributed by atoms with Crippen LogP contribution in [0.25, 0.3) is 30.9 Å². The van der Waals surface area contributed by atoms with Gasteiger partial charge in [-0.05, 0) is 24.4 Å². The number of rotatable bonds is 1. The Morgan fingerprint density at radius 1 is 1.24 bits per heavy atom. The molecule has 0 spiro atoms. The molecule has 0 unspecified atom stereocenters. The lowest BCUT2D eigenvalue weighted by atomic mass is 10.1. The highest BCUT2D eigenvalue weighted by atomic mass is 32.1. The second-order valence-corrected chi connectivity index (χ2v) is 6.72. The third kappa shape index (κ3) is 1.91. The summed E-state index contributed by atoms with van der Waals surface area (Å²) in [6.07, 6.45) is 0. The van der Waals surface area contributed by atoms with E-state index in [1.807, 2.05) is 24.4 Å². The van der Waals surface area contributed by atoms with E-state index in [1.54, 1.807) is 18.3 Å². The number of hydrogen-bond acceptors (Lipinski definition) is 6. The zero-order valence-electron chi connectivity index (χ0n) is 11.3. The standard InChI is InChI=1S/C15H10N2O2S2/c1-7-6-9(10-4-3-5-20-10)11-12-13(21-14(11)16-7)15(18)19-8(2)17-12/h3-6H,1-2H3. The highest BCUT2D eigenvalue weighted by Gasteiger charge is 2.17. The fraction of sp³-hybridized carbons (Fsp3) is 0.133. The highest BCUT2D eigenvalue weighted by Crippen LogP contribution is 2.38. The van der Waals surface area contributed by atoms with E-state index in [-0.39, 0.29) is 5.63 Å². The van der Waals surface area contributed by atoms with Gasteiger partial charge in [-0.25, -0.2) is 14.8 Å². The number of pyridine rings is 1. The first-order chi connectivity index (χ1) is 10.1. The lowest BCUT2D eigenvalue weighted by molar-refractivity contribution is 0.468. The normalized spacial score (nSPS) is 11.5. The first-order valence-electron chi connectivity index (χ1n) is 6.39. The molecule has 0 amide bonds. The molecule has 0 atom stereocenters. The molecule has 4 aromatic heterocycles. The van der Waals surface area contributed by atoms with Gasteiger partial charge < -0.3 is 4.42 Å². The first-order valence-corrected chi connectivity index (χ1v) is 8.08. The van der Waals surface area contributed by atoms with Gasteiger partial charge in [-0.3, -0.25) is 0 Å². The summed E-state index contributed by atoms with van der Waals surface area (Å²) < 4.78 is 5.63. The molecule has 0 aliphatic heterocycles. The van der Waals surface area contributed by atoms with E-state index < -0.39 is 0 Å². The van der Waals surface area contributed by atoms with Crippen molar-refractivity contribution >= 4 is 43.1 Å². The summed E-state index contributed by atoms with van der Waals surface area (Å²) in [6, 6.07) is 6.13. The molecule has 0 aromatic carbocycles. The molecule has 0 aliphatic carbocycles. The molecule has 0 saturated carbocycles. The van der Waals surface area contributed by atoms with Gasteiger partial charge in [0.1, 0.15) is 15.0 Å². The third-order valence-corrected chi connectivity index (χ3v) is 5.20. The van der Waals surface area contributed by atoms with Crippen molar-refractivity contribution in [2.45, 2.75) is 13.8 Å². The Kier molecular flexibility index (Phi) is 2.70. The number of aromatic nitrogens is 2. The smallest absolute Gasteiger partial charge is 0.357 e. The van der Waals surface area contributed by atoms with Gasteiger partial charge in [-0.15, -0.1) is 22.7 Å². The molecule has 0 fully saturated rings. The maximum absolute atomic E-state index is 12.0. The Balaban J connectivity index is 2.26. The topological polar surface area (TPSA) is 56.0 Å². The second kappa shape index (κ2) is 4.47. The van der Waals surface area contributed by atoms with Gasteiger partial charge in [0, 0.05) is 28.4 Å². The number of thiophene rings is 2. The molecule has 104 valence electrons. The van der Waals surface area contributed by atoms with Crippen LogP contribution in [0.2, 0.25) is 0 Å². The quantitative estimate of drug-likeness (QED) is 0.530. The van der Waals surface area contributed by atoms with Gasteiger partial charge in [-0.1, -0.05) is 6.07 Å². The van der Waals surface area contributed by atoms with Crippen LogP contribution in [-0.2, 0) is 0 Å². The maximum Gasteiger partial charge on any atom is 0.357 e. The summed E-state index contributed by atoms with van der Waals surface area (Å²) in [5.74, 6) is 0.380. The van der Waals surface area contributed by atoms with Crippen molar-refractivity contribution in [2.75, 3.05) is 0 Å². The molecule has 21 heavy (non-hydrogen) atoms. The lowest BCUT2D eigenvalue weighted by Gasteiger charge is -2.02. The van der Waals surface area contributed by atoms with Crippen LogP contribution in [0.3, 0.4) is 0 Å². The van der Waals surface area contributed by atoms with Crippen molar-refractivity contribution in [1.82, 2.24) is 9.97 Å². The summed E-state index contributed by atoms with van der Waals surface area (Å²) in [5, 5.41) is 2.98. The van der Waals surface area contributed by atoms with E-state index in [1.165, 1.54) is 11.3 Å². The Morgan fingerprint density at radius 3 is 2.86 bits per heavy atom. The first kappa shape index (κ1) is 12.7. The van der Waals surface area contributed by atoms with E-state index in [0.29, 0.717) is 16.1 Å². The van der Waals surface area contributed by atoms with Gasteiger partial charge in [0.15, 0.2) is 5.89 Å². The monoisotopic (exact) mass is 314 g/mol. The fourth-order valence-corrected chi connectivity index (χ4v) is 4.25. The van der Waals surface area contributed by atoms with Gasteiger partial charge in [-0.2, -0.15) is 0 Å². The second-order valence-electron chi connectivity index (χ2n) is 4.77. The van der Waals surface area contributed by atoms with Crippen molar-refractivity contribution in [3.63, 3.8) is 0 Å². The van der Waals surface area contributed by atoms with Crippen LogP contribution in [0.1, 0.15) is 11.6 Å². The number of aryl methyl sites for hydroxylation is 2. The fourth-order valence-electron chi connectivity index (χ4n) is 2.44. The average molecular weight is 314 g/mol. The molecule has 4 heterocycles. The maximum atomic E-state index is 12.0. The van der Waals surface area contributed by atoms with E-state index in [4.69, 9.17) is 4.42 Å². The highest BCUT2D eigenvalue weighted by molar-refractivity contribution is 7.25. The predicted molar refractivity (Wildman–Crippen MR) is 86.2 cm³/mol. The summed E-state index contributed by atoms with van der Waals surface area (Å²) >= 11 is 3.01. The van der Waals surface area contributed by atoms with Crippen LogP contribution >= 0.6 is 22.7 Å². The van der Waals surface area contributed by atoms with Crippen LogP contribution in [-0.4, -0.2) is 9.97 Å². The number of hydrogen-bond donors (Lipinski definition) is 0. The predicted octanol–water partition coefficient (Wildman–Crippen LogP) is 4.14. The van der Waals surface area contributed by atoms with Crippen molar-refractivity contribution in [1.29, 1.82) is 0 Å². The van der Waals surface area contributed by atoms with Gasteiger partial charge in [0.2, 0.25) is 0 Å². The molecule has 0 saturated heterocycles. The number of nitrogens with zero attached hydrogens (tertiary/aromatic N) is 2. The van der Waals surface area contributed by atoms with Crippen molar-refractivity contribution in [3.8, 4) is 10.4 Å². The summed E-state index contributed by atoms with van der Waals surface area (Å²) in [6.45, 7) is 3.65. The number of fused-ring (bicyclic) bond motifs is 3. The lowest BCUT2D eigenvalue weighted by Crippen LogP contribution is -1.99. The minimum Gasteiger partial charge on any atom is -0.408 e. The van der Waals surface area contributed by atoms with Crippen LogP contribution in [0.4, 0.5) is 0 Å². The SMILES string of the molecule is Cc1cc(-c2cccs2)c2c(n1)sc1c(=O)oc(C)nc12. The molecule has 4 nitrogen and oxygen atoms in total. The van der Waals surface area contributed by atoms with Gasteiger partial charge >= 0.3 is 5.63 Å². The molecule has 0 N–H and O–H groups in total. The van der Waals surface area contributed by atoms with Crippen LogP contribution in [0, 0.1) is 13.8 Å². The Labute approximate surface area is 127 Å². The van der Waals surface area contributed by atoms with Crippen LogP contribution in [0.15, 0.2) is 32.8 Å². The molecule has 0 aliphatic rings.